The molecule has 4 saturated heterocycles. The van der Waals surface area contributed by atoms with Gasteiger partial charge in [-0.1, -0.05) is 66.7 Å². The number of fused-ring (bicyclic) bond motifs is 10. The number of amides is 2. The van der Waals surface area contributed by atoms with Gasteiger partial charge in [0.15, 0.2) is 0 Å². The number of phenols is 1. The molecule has 272 valence electrons. The van der Waals surface area contributed by atoms with Crippen molar-refractivity contribution in [2.75, 3.05) is 68.9 Å². The Morgan fingerprint density at radius 1 is 0.885 bits per heavy atom. The molecule has 3 aromatic carbocycles. The number of aromatic hydroxyl groups is 1. The third kappa shape index (κ3) is 6.00. The van der Waals surface area contributed by atoms with Gasteiger partial charge in [-0.25, -0.2) is 4.90 Å². The number of anilines is 3. The van der Waals surface area contributed by atoms with E-state index in [1.165, 1.54) is 77.3 Å². The third-order valence-corrected chi connectivity index (χ3v) is 14.6. The Kier molecular flexibility index (Phi) is 9.99. The highest BCUT2D eigenvalue weighted by atomic mass is 35.5. The standard InChI is InChI=1S/C21H22N2O3S.C20H24ClN3S/c1-3-27-21-15-7-5-4-6-14(15)18(22(21)2)16-17(21)20(26)23(19(16)25)12-8-10-13(24)11-9-12;1-22-11-13-23(14-12-22)9-4-10-24-17-5-2-3-6-19(17)25-20-15-16(21)7-8-18(20)24/h4-11,14-18,24H,3H2,1-2H3;2-3,5-8,15H,4,9-14H2,1H3. The zero-order chi connectivity index (χ0) is 36.1. The normalized spacial score (nSPS) is 29.1. The first-order valence-electron chi connectivity index (χ1n) is 18.4. The van der Waals surface area contributed by atoms with Gasteiger partial charge in [0.1, 0.15) is 5.75 Å². The van der Waals surface area contributed by atoms with Crippen LogP contribution in [0.5, 0.6) is 5.75 Å². The maximum Gasteiger partial charge on any atom is 0.240 e. The Morgan fingerprint density at radius 3 is 2.38 bits per heavy atom. The molecule has 52 heavy (non-hydrogen) atoms. The summed E-state index contributed by atoms with van der Waals surface area (Å²) >= 11 is 9.85. The number of allylic oxidation sites excluding steroid dienone is 2. The fourth-order valence-corrected chi connectivity index (χ4v) is 12.4. The molecule has 5 aliphatic heterocycles. The van der Waals surface area contributed by atoms with Gasteiger partial charge in [0.2, 0.25) is 11.8 Å². The van der Waals surface area contributed by atoms with Crippen LogP contribution in [0.4, 0.5) is 17.1 Å². The van der Waals surface area contributed by atoms with E-state index in [0.29, 0.717) is 5.69 Å². The minimum absolute atomic E-state index is 0.0406. The second-order valence-corrected chi connectivity index (χ2v) is 17.6. The fraction of sp³-hybridized carbons (Fsp3) is 0.415. The van der Waals surface area contributed by atoms with Crippen molar-refractivity contribution in [2.45, 2.75) is 34.0 Å². The van der Waals surface area contributed by atoms with Crippen molar-refractivity contribution in [1.29, 1.82) is 0 Å². The first-order valence-corrected chi connectivity index (χ1v) is 20.5. The molecule has 1 aliphatic carbocycles. The van der Waals surface area contributed by atoms with Crippen LogP contribution in [0.3, 0.4) is 0 Å². The second kappa shape index (κ2) is 14.5. The Bertz CT molecular complexity index is 1900. The number of phenolic OH excluding ortho intramolecular Hbond substituents is 1. The van der Waals surface area contributed by atoms with E-state index in [0.717, 1.165) is 17.3 Å². The molecule has 8 nitrogen and oxygen atoms in total. The maximum atomic E-state index is 13.5. The van der Waals surface area contributed by atoms with Crippen LogP contribution in [0.25, 0.3) is 0 Å². The predicted molar refractivity (Wildman–Crippen MR) is 213 cm³/mol. The Labute approximate surface area is 320 Å². The maximum absolute atomic E-state index is 13.5. The molecule has 9 rings (SSSR count). The summed E-state index contributed by atoms with van der Waals surface area (Å²) < 4.78 is 0. The van der Waals surface area contributed by atoms with Crippen LogP contribution in [0, 0.1) is 23.7 Å². The monoisotopic (exact) mass is 755 g/mol. The Hall–Kier alpha value is -3.25. The molecule has 2 bridgehead atoms. The van der Waals surface area contributed by atoms with Crippen LogP contribution in [-0.2, 0) is 9.59 Å². The van der Waals surface area contributed by atoms with Gasteiger partial charge in [-0.15, -0.1) is 11.8 Å². The lowest BCUT2D eigenvalue weighted by Gasteiger charge is -2.42. The number of benzene rings is 3. The SMILES string of the molecule is CCSC12C3C=CC=CC3C(C3C(=O)N(c4ccc(O)cc4)C(=O)C31)N2C.CN1CCN(CCCN2c3ccccc3Sc3cc(Cl)ccc32)CC1. The highest BCUT2D eigenvalue weighted by Crippen LogP contribution is 2.66. The highest BCUT2D eigenvalue weighted by molar-refractivity contribution is 8.00. The summed E-state index contributed by atoms with van der Waals surface area (Å²) in [6.45, 7) is 9.07. The number of piperazine rings is 1. The second-order valence-electron chi connectivity index (χ2n) is 14.5. The van der Waals surface area contributed by atoms with Crippen molar-refractivity contribution >= 4 is 64.0 Å². The smallest absolute Gasteiger partial charge is 0.240 e. The van der Waals surface area contributed by atoms with E-state index in [-0.39, 0.29) is 52.1 Å². The van der Waals surface area contributed by atoms with E-state index >= 15 is 0 Å². The molecule has 11 heteroatoms. The number of rotatable bonds is 7. The Morgan fingerprint density at radius 2 is 1.62 bits per heavy atom. The van der Waals surface area contributed by atoms with E-state index in [1.54, 1.807) is 23.9 Å². The number of likely N-dealkylation sites (N-methyl/N-ethyl adjacent to an activating group) is 1. The van der Waals surface area contributed by atoms with Crippen LogP contribution in [-0.4, -0.2) is 102 Å². The molecule has 1 N–H and O–H groups in total. The first-order chi connectivity index (χ1) is 25.2. The number of nitrogens with zero attached hydrogens (tertiary/aromatic N) is 5. The van der Waals surface area contributed by atoms with E-state index in [2.05, 4.69) is 101 Å². The summed E-state index contributed by atoms with van der Waals surface area (Å²) in [4.78, 5) is 40.3. The molecule has 0 radical (unpaired) electrons. The molecule has 6 unspecified atom stereocenters. The highest BCUT2D eigenvalue weighted by Gasteiger charge is 2.76. The van der Waals surface area contributed by atoms with Crippen molar-refractivity contribution in [1.82, 2.24) is 14.7 Å². The number of hydrogen-bond donors (Lipinski definition) is 1. The summed E-state index contributed by atoms with van der Waals surface area (Å²) in [7, 11) is 4.29. The van der Waals surface area contributed by atoms with Crippen molar-refractivity contribution in [3.8, 4) is 5.75 Å². The van der Waals surface area contributed by atoms with Crippen LogP contribution in [0.2, 0.25) is 5.02 Å². The summed E-state index contributed by atoms with van der Waals surface area (Å²) in [5.74, 6) is 0.653. The minimum Gasteiger partial charge on any atom is -0.508 e. The van der Waals surface area contributed by atoms with Gasteiger partial charge in [-0.05, 0) is 87.4 Å². The van der Waals surface area contributed by atoms with Gasteiger partial charge in [-0.3, -0.25) is 14.5 Å². The van der Waals surface area contributed by atoms with Gasteiger partial charge in [0.25, 0.3) is 0 Å². The lowest BCUT2D eigenvalue weighted by atomic mass is 9.67. The van der Waals surface area contributed by atoms with Crippen molar-refractivity contribution in [3.05, 3.63) is 96.1 Å². The van der Waals surface area contributed by atoms with Gasteiger partial charge in [0.05, 0.1) is 33.8 Å². The number of thioether (sulfide) groups is 1. The van der Waals surface area contributed by atoms with Gasteiger partial charge in [0, 0.05) is 65.4 Å². The van der Waals surface area contributed by atoms with Gasteiger partial charge in [-0.2, -0.15) is 0 Å². The van der Waals surface area contributed by atoms with E-state index < -0.39 is 0 Å². The largest absolute Gasteiger partial charge is 0.508 e. The molecule has 0 saturated carbocycles. The third-order valence-electron chi connectivity index (χ3n) is 11.7. The first kappa shape index (κ1) is 35.8. The van der Waals surface area contributed by atoms with Gasteiger partial charge < -0.3 is 19.8 Å². The van der Waals surface area contributed by atoms with Crippen molar-refractivity contribution < 1.29 is 14.7 Å². The van der Waals surface area contributed by atoms with Crippen LogP contribution < -0.4 is 9.80 Å². The number of carbonyl (C=O) groups is 2. The molecule has 2 amide bonds. The quantitative estimate of drug-likeness (QED) is 0.252. The number of para-hydroxylation sites is 1. The van der Waals surface area contributed by atoms with Crippen molar-refractivity contribution in [3.63, 3.8) is 0 Å². The molecule has 3 aromatic rings. The zero-order valence-electron chi connectivity index (χ0n) is 29.9. The number of imide groups is 1. The Balaban J connectivity index is 0.000000149. The zero-order valence-corrected chi connectivity index (χ0v) is 32.3. The summed E-state index contributed by atoms with van der Waals surface area (Å²) in [6, 6.07) is 21.3. The van der Waals surface area contributed by atoms with Gasteiger partial charge >= 0.3 is 0 Å². The molecular formula is C41H46ClN5O3S2. The summed E-state index contributed by atoms with van der Waals surface area (Å²) in [6.07, 6.45) is 9.74. The summed E-state index contributed by atoms with van der Waals surface area (Å²) in [5.41, 5.74) is 3.15. The molecule has 6 atom stereocenters. The molecule has 0 spiro atoms. The average Bonchev–Trinajstić information content (AvgIpc) is 3.66. The van der Waals surface area contributed by atoms with E-state index in [9.17, 15) is 14.7 Å². The lowest BCUT2D eigenvalue weighted by molar-refractivity contribution is -0.123. The molecular weight excluding hydrogens is 710 g/mol. The predicted octanol–water partition coefficient (Wildman–Crippen LogP) is 7.21. The van der Waals surface area contributed by atoms with E-state index in [1.807, 2.05) is 17.8 Å². The van der Waals surface area contributed by atoms with Crippen LogP contribution >= 0.6 is 35.1 Å². The van der Waals surface area contributed by atoms with E-state index in [4.69, 9.17) is 11.6 Å². The minimum atomic E-state index is -0.381. The topological polar surface area (TPSA) is 70.6 Å². The molecule has 5 heterocycles. The number of halogens is 1. The molecule has 4 fully saturated rings. The average molecular weight is 756 g/mol. The van der Waals surface area contributed by atoms with Crippen LogP contribution in [0.1, 0.15) is 13.3 Å². The summed E-state index contributed by atoms with van der Waals surface area (Å²) in [5, 5.41) is 10.4. The molecule has 0 aromatic heterocycles. The number of carbonyl (C=O) groups excluding carboxylic acids is 2. The van der Waals surface area contributed by atoms with Crippen molar-refractivity contribution in [2.24, 2.45) is 23.7 Å². The lowest BCUT2D eigenvalue weighted by Crippen LogP contribution is -2.50. The number of hydrogen-bond acceptors (Lipinski definition) is 9. The fourth-order valence-electron chi connectivity index (χ4n) is 9.42. The molecule has 6 aliphatic rings. The van der Waals surface area contributed by atoms with Crippen LogP contribution in [0.15, 0.2) is 101 Å².